The van der Waals surface area contributed by atoms with Crippen LogP contribution in [0.5, 0.6) is 0 Å². The summed E-state index contributed by atoms with van der Waals surface area (Å²) in [6.45, 7) is 5.77. The summed E-state index contributed by atoms with van der Waals surface area (Å²) in [5.74, 6) is -0.0322. The van der Waals surface area contributed by atoms with Crippen molar-refractivity contribution in [1.29, 1.82) is 5.26 Å². The minimum atomic E-state index is -0.537. The first-order valence-corrected chi connectivity index (χ1v) is 10.9. The highest BCUT2D eigenvalue weighted by atomic mass is 16.1. The van der Waals surface area contributed by atoms with Gasteiger partial charge in [-0.2, -0.15) is 5.26 Å². The summed E-state index contributed by atoms with van der Waals surface area (Å²) in [5, 5.41) is 11.9. The molecule has 8 heteroatoms. The van der Waals surface area contributed by atoms with E-state index in [2.05, 4.69) is 27.2 Å². The van der Waals surface area contributed by atoms with Crippen LogP contribution in [0.1, 0.15) is 16.7 Å². The van der Waals surface area contributed by atoms with Crippen LogP contribution in [0.4, 0.5) is 5.82 Å². The van der Waals surface area contributed by atoms with Gasteiger partial charge in [0, 0.05) is 46.0 Å². The van der Waals surface area contributed by atoms with Crippen molar-refractivity contribution < 1.29 is 4.79 Å². The first-order valence-electron chi connectivity index (χ1n) is 10.9. The number of benzene rings is 1. The van der Waals surface area contributed by atoms with E-state index in [4.69, 9.17) is 4.98 Å². The van der Waals surface area contributed by atoms with E-state index in [0.29, 0.717) is 24.6 Å². The Morgan fingerprint density at radius 1 is 1.15 bits per heavy atom. The number of hydrogen-bond acceptors (Lipinski definition) is 6. The molecule has 3 aromatic rings. The van der Waals surface area contributed by atoms with Gasteiger partial charge < -0.3 is 10.2 Å². The number of aromatic nitrogens is 2. The second-order valence-corrected chi connectivity index (χ2v) is 8.04. The van der Waals surface area contributed by atoms with Crippen molar-refractivity contribution in [3.05, 3.63) is 81.3 Å². The molecule has 1 aliphatic heterocycles. The van der Waals surface area contributed by atoms with E-state index < -0.39 is 5.91 Å². The molecule has 0 bridgehead atoms. The number of fused-ring (bicyclic) bond motifs is 1. The maximum absolute atomic E-state index is 13.4. The van der Waals surface area contributed by atoms with Crippen LogP contribution in [0.15, 0.2) is 59.0 Å². The number of piperazine rings is 1. The number of aryl methyl sites for hydroxylation is 1. The maximum atomic E-state index is 13.4. The Morgan fingerprint density at radius 2 is 1.88 bits per heavy atom. The summed E-state index contributed by atoms with van der Waals surface area (Å²) in [6, 6.07) is 15.9. The van der Waals surface area contributed by atoms with E-state index in [1.807, 2.05) is 37.3 Å². The summed E-state index contributed by atoms with van der Waals surface area (Å²) in [7, 11) is 1.45. The van der Waals surface area contributed by atoms with Crippen LogP contribution in [-0.4, -0.2) is 53.4 Å². The largest absolute Gasteiger partial charge is 0.354 e. The summed E-state index contributed by atoms with van der Waals surface area (Å²) in [5.41, 5.74) is 2.52. The Morgan fingerprint density at radius 3 is 2.55 bits per heavy atom. The second-order valence-electron chi connectivity index (χ2n) is 8.04. The number of amides is 1. The number of rotatable bonds is 5. The van der Waals surface area contributed by atoms with Crippen LogP contribution in [0, 0.1) is 18.3 Å². The molecule has 1 aromatic carbocycles. The molecule has 1 fully saturated rings. The fourth-order valence-electron chi connectivity index (χ4n) is 4.05. The molecule has 1 aliphatic rings. The predicted octanol–water partition coefficient (Wildman–Crippen LogP) is 1.98. The van der Waals surface area contributed by atoms with Crippen LogP contribution >= 0.6 is 0 Å². The third kappa shape index (κ3) is 4.64. The first kappa shape index (κ1) is 22.2. The Balaban J connectivity index is 1.71. The number of anilines is 1. The van der Waals surface area contributed by atoms with Crippen LogP contribution in [0.25, 0.3) is 11.7 Å². The zero-order valence-corrected chi connectivity index (χ0v) is 18.8. The molecular formula is C25H26N6O2. The van der Waals surface area contributed by atoms with E-state index in [1.54, 1.807) is 12.3 Å². The molecule has 2 aromatic heterocycles. The number of carbonyl (C=O) groups is 1. The normalized spacial score (nSPS) is 14.8. The number of nitrogens with one attached hydrogen (secondary N) is 1. The molecular weight excluding hydrogens is 416 g/mol. The highest BCUT2D eigenvalue weighted by Crippen LogP contribution is 2.22. The van der Waals surface area contributed by atoms with E-state index in [-0.39, 0.29) is 16.7 Å². The number of nitriles is 1. The molecule has 0 saturated carbocycles. The molecule has 0 aliphatic carbocycles. The summed E-state index contributed by atoms with van der Waals surface area (Å²) in [6.07, 6.45) is 3.01. The van der Waals surface area contributed by atoms with Crippen LogP contribution < -0.4 is 15.8 Å². The number of carbonyl (C=O) groups excluding carboxylic acids is 1. The van der Waals surface area contributed by atoms with E-state index >= 15 is 0 Å². The second kappa shape index (κ2) is 9.67. The van der Waals surface area contributed by atoms with Crippen molar-refractivity contribution >= 4 is 23.4 Å². The van der Waals surface area contributed by atoms with Gasteiger partial charge in [0.2, 0.25) is 0 Å². The monoisotopic (exact) mass is 442 g/mol. The molecule has 0 radical (unpaired) electrons. The third-order valence-electron chi connectivity index (χ3n) is 5.87. The lowest BCUT2D eigenvalue weighted by atomic mass is 10.1. The predicted molar refractivity (Wildman–Crippen MR) is 128 cm³/mol. The van der Waals surface area contributed by atoms with Crippen LogP contribution in [0.3, 0.4) is 0 Å². The van der Waals surface area contributed by atoms with Crippen LogP contribution in [-0.2, 0) is 11.3 Å². The minimum absolute atomic E-state index is 0.132. The first-order chi connectivity index (χ1) is 16.0. The zero-order valence-electron chi connectivity index (χ0n) is 18.8. The Bertz CT molecular complexity index is 1300. The van der Waals surface area contributed by atoms with Gasteiger partial charge in [-0.1, -0.05) is 36.4 Å². The molecule has 0 unspecified atom stereocenters. The van der Waals surface area contributed by atoms with Gasteiger partial charge in [0.15, 0.2) is 0 Å². The summed E-state index contributed by atoms with van der Waals surface area (Å²) in [4.78, 5) is 34.8. The van der Waals surface area contributed by atoms with Gasteiger partial charge in [-0.15, -0.1) is 0 Å². The van der Waals surface area contributed by atoms with E-state index in [9.17, 15) is 14.9 Å². The molecule has 1 amide bonds. The van der Waals surface area contributed by atoms with E-state index in [1.165, 1.54) is 23.1 Å². The lowest BCUT2D eigenvalue weighted by molar-refractivity contribution is -0.116. The number of nitrogens with zero attached hydrogens (tertiary/aromatic N) is 5. The molecule has 33 heavy (non-hydrogen) atoms. The average molecular weight is 443 g/mol. The maximum Gasteiger partial charge on any atom is 0.267 e. The minimum Gasteiger partial charge on any atom is -0.354 e. The Kier molecular flexibility index (Phi) is 6.52. The van der Waals surface area contributed by atoms with Gasteiger partial charge in [-0.25, -0.2) is 4.98 Å². The molecule has 0 atom stereocenters. The number of pyridine rings is 1. The fraction of sp³-hybridized carbons (Fsp3) is 0.280. The van der Waals surface area contributed by atoms with Gasteiger partial charge in [0.25, 0.3) is 11.5 Å². The lowest BCUT2D eigenvalue weighted by Gasteiger charge is -2.36. The third-order valence-corrected chi connectivity index (χ3v) is 5.87. The van der Waals surface area contributed by atoms with Crippen molar-refractivity contribution in [2.45, 2.75) is 13.5 Å². The highest BCUT2D eigenvalue weighted by molar-refractivity contribution is 6.02. The molecule has 3 heterocycles. The smallest absolute Gasteiger partial charge is 0.267 e. The highest BCUT2D eigenvalue weighted by Gasteiger charge is 2.24. The van der Waals surface area contributed by atoms with Crippen molar-refractivity contribution in [1.82, 2.24) is 19.6 Å². The van der Waals surface area contributed by atoms with E-state index in [0.717, 1.165) is 25.2 Å². The average Bonchev–Trinajstić information content (AvgIpc) is 2.84. The molecule has 168 valence electrons. The topological polar surface area (TPSA) is 93.7 Å². The number of likely N-dealkylation sites (N-methyl/N-ethyl adjacent to an activating group) is 1. The van der Waals surface area contributed by atoms with Gasteiger partial charge in [-0.05, 0) is 30.2 Å². The van der Waals surface area contributed by atoms with Crippen molar-refractivity contribution in [3.8, 4) is 6.07 Å². The fourth-order valence-corrected chi connectivity index (χ4v) is 4.05. The lowest BCUT2D eigenvalue weighted by Crippen LogP contribution is -2.47. The summed E-state index contributed by atoms with van der Waals surface area (Å²) < 4.78 is 1.47. The van der Waals surface area contributed by atoms with Crippen molar-refractivity contribution in [2.75, 3.05) is 38.1 Å². The van der Waals surface area contributed by atoms with Gasteiger partial charge in [0.1, 0.15) is 23.1 Å². The van der Waals surface area contributed by atoms with Gasteiger partial charge in [0.05, 0.1) is 5.56 Å². The Labute approximate surface area is 192 Å². The molecule has 0 spiro atoms. The molecule has 1 N–H and O–H groups in total. The quantitative estimate of drug-likeness (QED) is 0.480. The molecule has 1 saturated heterocycles. The SMILES string of the molecule is CNC(=O)C(C#N)=Cc1c(N2CCN(Cc3ccccc3)CC2)nc2c(C)cccn2c1=O. The zero-order chi connectivity index (χ0) is 23.4. The van der Waals surface area contributed by atoms with Crippen LogP contribution in [0.2, 0.25) is 0 Å². The van der Waals surface area contributed by atoms with Gasteiger partial charge in [-0.3, -0.25) is 18.9 Å². The van der Waals surface area contributed by atoms with Gasteiger partial charge >= 0.3 is 0 Å². The van der Waals surface area contributed by atoms with Crippen molar-refractivity contribution in [3.63, 3.8) is 0 Å². The molecule has 4 rings (SSSR count). The number of hydrogen-bond donors (Lipinski definition) is 1. The summed E-state index contributed by atoms with van der Waals surface area (Å²) >= 11 is 0. The standard InChI is InChI=1S/C25H26N6O2/c1-18-7-6-10-31-22(18)28-23(21(25(31)33)15-20(16-26)24(32)27-2)30-13-11-29(12-14-30)17-19-8-4-3-5-9-19/h3-10,15H,11-14,17H2,1-2H3,(H,27,32). The molecule has 8 nitrogen and oxygen atoms in total. The van der Waals surface area contributed by atoms with Crippen molar-refractivity contribution in [2.24, 2.45) is 0 Å². The Hall–Kier alpha value is -3.96.